The lowest BCUT2D eigenvalue weighted by atomic mass is 9.92. The number of hydrogen-bond acceptors (Lipinski definition) is 7. The monoisotopic (exact) mass is 435 g/mol. The van der Waals surface area contributed by atoms with Crippen molar-refractivity contribution in [1.29, 1.82) is 0 Å². The molecule has 2 aromatic heterocycles. The number of Topliss-reactive ketones (excluding diaryl/α,β-unsaturated/α-hetero) is 1. The van der Waals surface area contributed by atoms with Crippen LogP contribution in [-0.2, 0) is 14.3 Å². The van der Waals surface area contributed by atoms with Gasteiger partial charge in [0.05, 0.1) is 11.0 Å². The number of thiophene rings is 1. The molecule has 2 amide bonds. The summed E-state index contributed by atoms with van der Waals surface area (Å²) in [7, 11) is 0. The standard InChI is InChI=1S/C20H25N3O4S2/c1-11(2)8-13(18(26)23-20(4)12(3)27-9-16(20)24)21-17(25)14-10-29-19(22-14)15-6-5-7-28-15/h5-7,10-13H,8-9H2,1-4H3,(H,21,25)(H,23,26). The van der Waals surface area contributed by atoms with E-state index in [-0.39, 0.29) is 24.0 Å². The molecule has 1 saturated heterocycles. The Morgan fingerprint density at radius 2 is 2.14 bits per heavy atom. The van der Waals surface area contributed by atoms with Crippen LogP contribution < -0.4 is 10.6 Å². The van der Waals surface area contributed by atoms with Crippen molar-refractivity contribution in [3.8, 4) is 9.88 Å². The number of hydrogen-bond donors (Lipinski definition) is 2. The molecular weight excluding hydrogens is 410 g/mol. The summed E-state index contributed by atoms with van der Waals surface area (Å²) >= 11 is 2.94. The molecule has 0 saturated carbocycles. The van der Waals surface area contributed by atoms with Crippen molar-refractivity contribution in [2.24, 2.45) is 5.92 Å². The lowest BCUT2D eigenvalue weighted by Crippen LogP contribution is -2.60. The van der Waals surface area contributed by atoms with Crippen molar-refractivity contribution < 1.29 is 19.1 Å². The van der Waals surface area contributed by atoms with Gasteiger partial charge < -0.3 is 15.4 Å². The molecule has 2 aromatic rings. The highest BCUT2D eigenvalue weighted by molar-refractivity contribution is 7.20. The Bertz CT molecular complexity index is 893. The molecule has 1 fully saturated rings. The van der Waals surface area contributed by atoms with Crippen LogP contribution in [0.2, 0.25) is 0 Å². The van der Waals surface area contributed by atoms with E-state index in [0.717, 1.165) is 9.88 Å². The SMILES string of the molecule is CC(C)CC(NC(=O)c1csc(-c2cccs2)n1)C(=O)NC1(C)C(=O)COC1C. The quantitative estimate of drug-likeness (QED) is 0.697. The highest BCUT2D eigenvalue weighted by Crippen LogP contribution is 2.28. The second-order valence-electron chi connectivity index (χ2n) is 7.74. The van der Waals surface area contributed by atoms with Crippen molar-refractivity contribution >= 4 is 40.3 Å². The Labute approximate surface area is 177 Å². The van der Waals surface area contributed by atoms with Crippen LogP contribution in [0.1, 0.15) is 44.6 Å². The predicted octanol–water partition coefficient (Wildman–Crippen LogP) is 2.88. The maximum atomic E-state index is 12.9. The van der Waals surface area contributed by atoms with Crippen LogP contribution in [0, 0.1) is 5.92 Å². The summed E-state index contributed by atoms with van der Waals surface area (Å²) < 4.78 is 5.37. The minimum absolute atomic E-state index is 0.0243. The summed E-state index contributed by atoms with van der Waals surface area (Å²) in [5, 5.41) is 10.00. The van der Waals surface area contributed by atoms with Gasteiger partial charge in [0.1, 0.15) is 28.9 Å². The van der Waals surface area contributed by atoms with Gasteiger partial charge in [-0.3, -0.25) is 14.4 Å². The number of carbonyl (C=O) groups is 3. The number of nitrogens with one attached hydrogen (secondary N) is 2. The van der Waals surface area contributed by atoms with Crippen LogP contribution in [0.3, 0.4) is 0 Å². The molecule has 2 N–H and O–H groups in total. The van der Waals surface area contributed by atoms with Gasteiger partial charge in [0, 0.05) is 5.38 Å². The predicted molar refractivity (Wildman–Crippen MR) is 113 cm³/mol. The third-order valence-corrected chi connectivity index (χ3v) is 6.92. The summed E-state index contributed by atoms with van der Waals surface area (Å²) in [6, 6.07) is 3.11. The fourth-order valence-corrected chi connectivity index (χ4v) is 4.70. The molecule has 0 aromatic carbocycles. The van der Waals surface area contributed by atoms with Gasteiger partial charge in [-0.25, -0.2) is 4.98 Å². The average molecular weight is 436 g/mol. The first-order chi connectivity index (χ1) is 13.7. The molecule has 9 heteroatoms. The normalized spacial score (nSPS) is 22.7. The fraction of sp³-hybridized carbons (Fsp3) is 0.500. The van der Waals surface area contributed by atoms with E-state index in [1.165, 1.54) is 11.3 Å². The molecule has 3 rings (SSSR count). The minimum Gasteiger partial charge on any atom is -0.368 e. The molecule has 0 bridgehead atoms. The molecule has 1 aliphatic heterocycles. The van der Waals surface area contributed by atoms with Gasteiger partial charge in [0.15, 0.2) is 5.78 Å². The number of rotatable bonds is 7. The molecule has 156 valence electrons. The first-order valence-corrected chi connectivity index (χ1v) is 11.2. The van der Waals surface area contributed by atoms with Crippen molar-refractivity contribution in [3.63, 3.8) is 0 Å². The van der Waals surface area contributed by atoms with E-state index in [0.29, 0.717) is 6.42 Å². The smallest absolute Gasteiger partial charge is 0.271 e. The number of nitrogens with zero attached hydrogens (tertiary/aromatic N) is 1. The van der Waals surface area contributed by atoms with E-state index in [2.05, 4.69) is 15.6 Å². The van der Waals surface area contributed by atoms with E-state index in [1.807, 2.05) is 31.4 Å². The van der Waals surface area contributed by atoms with Crippen LogP contribution in [0.15, 0.2) is 22.9 Å². The molecule has 3 unspecified atom stereocenters. The van der Waals surface area contributed by atoms with Crippen molar-refractivity contribution in [1.82, 2.24) is 15.6 Å². The third-order valence-electron chi connectivity index (χ3n) is 5.04. The van der Waals surface area contributed by atoms with E-state index >= 15 is 0 Å². The minimum atomic E-state index is -1.09. The first-order valence-electron chi connectivity index (χ1n) is 9.48. The number of aromatic nitrogens is 1. The van der Waals surface area contributed by atoms with Crippen LogP contribution in [0.4, 0.5) is 0 Å². The molecule has 0 aliphatic carbocycles. The number of ketones is 1. The lowest BCUT2D eigenvalue weighted by Gasteiger charge is -2.30. The van der Waals surface area contributed by atoms with Crippen LogP contribution in [-0.4, -0.2) is 46.9 Å². The fourth-order valence-electron chi connectivity index (χ4n) is 3.08. The van der Waals surface area contributed by atoms with Crippen molar-refractivity contribution in [3.05, 3.63) is 28.6 Å². The maximum absolute atomic E-state index is 12.9. The van der Waals surface area contributed by atoms with Crippen LogP contribution >= 0.6 is 22.7 Å². The van der Waals surface area contributed by atoms with E-state index in [1.54, 1.807) is 30.6 Å². The largest absolute Gasteiger partial charge is 0.368 e. The summed E-state index contributed by atoms with van der Waals surface area (Å²) in [4.78, 5) is 43.3. The number of ether oxygens (including phenoxy) is 1. The zero-order chi connectivity index (χ0) is 21.2. The highest BCUT2D eigenvalue weighted by atomic mass is 32.1. The molecule has 3 heterocycles. The molecule has 0 radical (unpaired) electrons. The van der Waals surface area contributed by atoms with Gasteiger partial charge in [0.25, 0.3) is 5.91 Å². The lowest BCUT2D eigenvalue weighted by molar-refractivity contribution is -0.130. The van der Waals surface area contributed by atoms with Crippen molar-refractivity contribution in [2.45, 2.75) is 51.8 Å². The highest BCUT2D eigenvalue weighted by Gasteiger charge is 2.47. The Kier molecular flexibility index (Phi) is 6.50. The first kappa shape index (κ1) is 21.6. The van der Waals surface area contributed by atoms with Gasteiger partial charge in [-0.05, 0) is 37.6 Å². The summed E-state index contributed by atoms with van der Waals surface area (Å²) in [6.07, 6.45) is 0.0141. The Morgan fingerprint density at radius 1 is 1.38 bits per heavy atom. The molecule has 1 aliphatic rings. The molecule has 29 heavy (non-hydrogen) atoms. The second-order valence-corrected chi connectivity index (χ2v) is 9.54. The van der Waals surface area contributed by atoms with Crippen molar-refractivity contribution in [2.75, 3.05) is 6.61 Å². The number of amides is 2. The summed E-state index contributed by atoms with van der Waals surface area (Å²) in [6.45, 7) is 7.33. The zero-order valence-electron chi connectivity index (χ0n) is 16.9. The van der Waals surface area contributed by atoms with Gasteiger partial charge in [0.2, 0.25) is 5.91 Å². The van der Waals surface area contributed by atoms with Gasteiger partial charge >= 0.3 is 0 Å². The Balaban J connectivity index is 1.72. The topological polar surface area (TPSA) is 97.4 Å². The summed E-state index contributed by atoms with van der Waals surface area (Å²) in [5.74, 6) is -0.803. The molecule has 7 nitrogen and oxygen atoms in total. The van der Waals surface area contributed by atoms with Crippen LogP contribution in [0.5, 0.6) is 0 Å². The average Bonchev–Trinajstić information content (AvgIpc) is 3.39. The van der Waals surface area contributed by atoms with Crippen LogP contribution in [0.25, 0.3) is 9.88 Å². The zero-order valence-corrected chi connectivity index (χ0v) is 18.5. The maximum Gasteiger partial charge on any atom is 0.271 e. The molecular formula is C20H25N3O4S2. The third kappa shape index (κ3) is 4.73. The van der Waals surface area contributed by atoms with Gasteiger partial charge in [-0.2, -0.15) is 0 Å². The second kappa shape index (κ2) is 8.73. The van der Waals surface area contributed by atoms with Gasteiger partial charge in [-0.15, -0.1) is 22.7 Å². The molecule has 0 spiro atoms. The summed E-state index contributed by atoms with van der Waals surface area (Å²) in [5.41, 5.74) is -0.816. The molecule has 3 atom stereocenters. The Hall–Kier alpha value is -2.10. The van der Waals surface area contributed by atoms with E-state index in [9.17, 15) is 14.4 Å². The number of thiazole rings is 1. The van der Waals surface area contributed by atoms with E-state index < -0.39 is 29.5 Å². The van der Waals surface area contributed by atoms with E-state index in [4.69, 9.17) is 4.74 Å². The Morgan fingerprint density at radius 3 is 2.72 bits per heavy atom. The number of carbonyl (C=O) groups excluding carboxylic acids is 3. The van der Waals surface area contributed by atoms with Gasteiger partial charge in [-0.1, -0.05) is 19.9 Å².